The molecule has 1 amide bonds. The number of carbonyl (C=O) groups is 1. The molecule has 0 spiro atoms. The van der Waals surface area contributed by atoms with Gasteiger partial charge in [0.2, 0.25) is 11.2 Å². The van der Waals surface area contributed by atoms with Crippen molar-refractivity contribution >= 4 is 29.3 Å². The van der Waals surface area contributed by atoms with Crippen LogP contribution in [0.4, 0.5) is 13.2 Å². The fraction of sp³-hybridized carbons (Fsp3) is 0.333. The van der Waals surface area contributed by atoms with Crippen LogP contribution in [-0.2, 0) is 10.5 Å². The van der Waals surface area contributed by atoms with Crippen molar-refractivity contribution in [3.63, 3.8) is 0 Å². The average Bonchev–Trinajstić information content (AvgIpc) is 3.06. The van der Waals surface area contributed by atoms with E-state index in [0.717, 1.165) is 45.4 Å². The van der Waals surface area contributed by atoms with E-state index in [1.165, 1.54) is 7.11 Å². The van der Waals surface area contributed by atoms with Crippen LogP contribution in [0, 0.1) is 0 Å². The zero-order valence-electron chi connectivity index (χ0n) is 21.2. The summed E-state index contributed by atoms with van der Waals surface area (Å²) in [4.78, 5) is 27.9. The fourth-order valence-corrected chi connectivity index (χ4v) is 6.10. The Morgan fingerprint density at radius 3 is 2.69 bits per heavy atom. The molecule has 1 aliphatic rings. The number of amides is 1. The second kappa shape index (κ2) is 11.9. The highest BCUT2D eigenvalue weighted by Gasteiger charge is 2.44. The van der Waals surface area contributed by atoms with E-state index in [1.54, 1.807) is 17.8 Å². The van der Waals surface area contributed by atoms with Crippen molar-refractivity contribution in [2.24, 2.45) is 0 Å². The predicted molar refractivity (Wildman–Crippen MR) is 144 cm³/mol. The van der Waals surface area contributed by atoms with Crippen LogP contribution in [0.15, 0.2) is 64.4 Å². The molecule has 2 heterocycles. The number of pyridine rings is 1. The van der Waals surface area contributed by atoms with Gasteiger partial charge in [-0.05, 0) is 42.2 Å². The van der Waals surface area contributed by atoms with Gasteiger partial charge >= 0.3 is 6.18 Å². The molecule has 208 valence electrons. The number of ether oxygens (including phenoxy) is 2. The van der Waals surface area contributed by atoms with Gasteiger partial charge in [-0.2, -0.15) is 13.2 Å². The summed E-state index contributed by atoms with van der Waals surface area (Å²) in [5.41, 5.74) is 1.49. The fourth-order valence-electron chi connectivity index (χ4n) is 4.66. The minimum Gasteiger partial charge on any atom is -0.461 e. The second-order valence-electron chi connectivity index (χ2n) is 9.01. The molecule has 4 rings (SSSR count). The first-order chi connectivity index (χ1) is 18.5. The first-order valence-electron chi connectivity index (χ1n) is 12.0. The third kappa shape index (κ3) is 6.05. The summed E-state index contributed by atoms with van der Waals surface area (Å²) in [5.74, 6) is 4.61. The van der Waals surface area contributed by atoms with Crippen LogP contribution in [0.5, 0.6) is 5.75 Å². The molecule has 2 N–H and O–H groups in total. The van der Waals surface area contributed by atoms with Crippen LogP contribution in [0.25, 0.3) is 0 Å². The van der Waals surface area contributed by atoms with E-state index < -0.39 is 41.8 Å². The third-order valence-electron chi connectivity index (χ3n) is 6.64. The summed E-state index contributed by atoms with van der Waals surface area (Å²) in [6.07, 6.45) is -3.51. The molecule has 3 aromatic rings. The van der Waals surface area contributed by atoms with E-state index in [4.69, 9.17) is 26.9 Å². The van der Waals surface area contributed by atoms with Gasteiger partial charge in [-0.3, -0.25) is 14.3 Å². The quantitative estimate of drug-likeness (QED) is 0.282. The Hall–Kier alpha value is -3.15. The Balaban J connectivity index is 1.77. The Bertz CT molecular complexity index is 1420. The van der Waals surface area contributed by atoms with E-state index in [0.29, 0.717) is 15.7 Å². The van der Waals surface area contributed by atoms with Crippen LogP contribution in [0.1, 0.15) is 46.4 Å². The van der Waals surface area contributed by atoms with E-state index >= 15 is 0 Å². The van der Waals surface area contributed by atoms with Crippen molar-refractivity contribution in [2.45, 2.75) is 42.1 Å². The normalized spacial score (nSPS) is 15.6. The van der Waals surface area contributed by atoms with Gasteiger partial charge in [-0.15, -0.1) is 11.8 Å². The highest BCUT2D eigenvalue weighted by molar-refractivity contribution is 7.98. The van der Waals surface area contributed by atoms with Crippen molar-refractivity contribution in [3.8, 4) is 5.75 Å². The zero-order chi connectivity index (χ0) is 28.3. The number of hydrogen-bond donors (Lipinski definition) is 1. The number of fused-ring (bicyclic) bond motifs is 2. The smallest absolute Gasteiger partial charge is 0.408 e. The molecule has 0 radical (unpaired) electrons. The number of carbonyl (C=O) groups excluding carboxylic acids is 1. The van der Waals surface area contributed by atoms with Crippen molar-refractivity contribution in [1.82, 2.24) is 9.58 Å². The first-order valence-corrected chi connectivity index (χ1v) is 13.4. The maximum Gasteiger partial charge on any atom is 0.408 e. The largest absolute Gasteiger partial charge is 0.461 e. The van der Waals surface area contributed by atoms with E-state index in [1.807, 2.05) is 36.4 Å². The minimum atomic E-state index is -4.75. The van der Waals surface area contributed by atoms with Crippen molar-refractivity contribution in [1.29, 1.82) is 0 Å². The molecule has 7 nitrogen and oxygen atoms in total. The van der Waals surface area contributed by atoms with Crippen LogP contribution < -0.4 is 16.0 Å². The van der Waals surface area contributed by atoms with E-state index in [2.05, 4.69) is 0 Å². The number of nitrogen functional groups attached to an aromatic ring is 1. The van der Waals surface area contributed by atoms with E-state index in [9.17, 15) is 22.8 Å². The number of aromatic nitrogens is 1. The summed E-state index contributed by atoms with van der Waals surface area (Å²) in [6, 6.07) is 12.1. The lowest BCUT2D eigenvalue weighted by molar-refractivity contribution is -0.172. The van der Waals surface area contributed by atoms with Crippen molar-refractivity contribution in [3.05, 3.63) is 92.4 Å². The summed E-state index contributed by atoms with van der Waals surface area (Å²) in [5, 5.41) is 0.505. The number of nitrogens with zero attached hydrogens (tertiary/aromatic N) is 2. The molecular formula is C27H27ClF3N3O4S. The monoisotopic (exact) mass is 581 g/mol. The lowest BCUT2D eigenvalue weighted by atomic mass is 9.85. The highest BCUT2D eigenvalue weighted by atomic mass is 35.5. The first kappa shape index (κ1) is 28.8. The van der Waals surface area contributed by atoms with Gasteiger partial charge < -0.3 is 20.2 Å². The Kier molecular flexibility index (Phi) is 8.83. The number of nitrogens with two attached hydrogens (primary N) is 1. The second-order valence-corrected chi connectivity index (χ2v) is 10.4. The van der Waals surface area contributed by atoms with Crippen LogP contribution >= 0.6 is 23.4 Å². The predicted octanol–water partition coefficient (Wildman–Crippen LogP) is 5.42. The zero-order valence-corrected chi connectivity index (χ0v) is 22.8. The molecule has 1 aliphatic heterocycles. The van der Waals surface area contributed by atoms with Gasteiger partial charge in [-0.25, -0.2) is 0 Å². The topological polar surface area (TPSA) is 86.8 Å². The number of halogens is 4. The molecule has 0 fully saturated rings. The number of rotatable bonds is 8. The van der Waals surface area contributed by atoms with Crippen LogP contribution in [0.2, 0.25) is 5.02 Å². The molecule has 0 unspecified atom stereocenters. The number of benzene rings is 2. The van der Waals surface area contributed by atoms with Crippen LogP contribution in [-0.4, -0.2) is 48.1 Å². The lowest BCUT2D eigenvalue weighted by Crippen LogP contribution is -2.49. The number of alkyl halides is 3. The number of thioether (sulfide) groups is 1. The van der Waals surface area contributed by atoms with Gasteiger partial charge in [-0.1, -0.05) is 41.9 Å². The molecule has 0 saturated heterocycles. The minimum absolute atomic E-state index is 0.135. The molecule has 0 aliphatic carbocycles. The number of hydrogen-bond acceptors (Lipinski definition) is 6. The van der Waals surface area contributed by atoms with Crippen LogP contribution in [0.3, 0.4) is 0 Å². The SMILES string of the molecule is COCOc1c(C(=O)N(CC[C@@H]2c3ccccc3SCc3cccc(Cl)c32)[C@H](C)C(F)(F)F)n(N)ccc1=O. The van der Waals surface area contributed by atoms with Gasteiger partial charge in [0.15, 0.2) is 12.5 Å². The van der Waals surface area contributed by atoms with Gasteiger partial charge in [0.25, 0.3) is 5.91 Å². The Morgan fingerprint density at radius 1 is 1.23 bits per heavy atom. The summed E-state index contributed by atoms with van der Waals surface area (Å²) in [7, 11) is 1.30. The Labute approximate surface area is 232 Å². The van der Waals surface area contributed by atoms with E-state index in [-0.39, 0.29) is 18.9 Å². The van der Waals surface area contributed by atoms with Crippen molar-refractivity contribution in [2.75, 3.05) is 26.3 Å². The average molecular weight is 582 g/mol. The molecule has 2 aromatic carbocycles. The molecule has 1 aromatic heterocycles. The maximum absolute atomic E-state index is 14.1. The van der Waals surface area contributed by atoms with Gasteiger partial charge in [0.05, 0.1) is 0 Å². The van der Waals surface area contributed by atoms with Gasteiger partial charge in [0.1, 0.15) is 6.04 Å². The summed E-state index contributed by atoms with van der Waals surface area (Å²) >= 11 is 8.26. The highest BCUT2D eigenvalue weighted by Crippen LogP contribution is 2.45. The number of methoxy groups -OCH3 is 1. The lowest BCUT2D eigenvalue weighted by Gasteiger charge is -2.33. The third-order valence-corrected chi connectivity index (χ3v) is 8.11. The van der Waals surface area contributed by atoms with Gasteiger partial charge in [0, 0.05) is 47.5 Å². The molecule has 0 bridgehead atoms. The maximum atomic E-state index is 14.1. The molecule has 2 atom stereocenters. The molecular weight excluding hydrogens is 555 g/mol. The summed E-state index contributed by atoms with van der Waals surface area (Å²) < 4.78 is 53.1. The molecule has 12 heteroatoms. The standard InChI is InChI=1S/C27H27ClF3N3O4S/c1-16(27(29,30)31)33(26(36)24-25(38-15-37-2)21(35)11-13-34(24)32)12-10-19-18-7-3-4-9-22(18)39-14-17-6-5-8-20(28)23(17)19/h3-9,11,13,16,19H,10,12,14-15,32H2,1-2H3/t16-,19-/m1/s1. The Morgan fingerprint density at radius 2 is 1.97 bits per heavy atom. The molecule has 39 heavy (non-hydrogen) atoms. The molecule has 0 saturated carbocycles. The summed E-state index contributed by atoms with van der Waals surface area (Å²) in [6.45, 7) is 0.189. The van der Waals surface area contributed by atoms with Crippen molar-refractivity contribution < 1.29 is 27.4 Å².